The number of anilines is 2. The zero-order valence-corrected chi connectivity index (χ0v) is 20.5. The molecule has 1 fully saturated rings. The Labute approximate surface area is 213 Å². The first-order valence-corrected chi connectivity index (χ1v) is 11.6. The predicted octanol–water partition coefficient (Wildman–Crippen LogP) is 4.28. The Morgan fingerprint density at radius 2 is 1.69 bits per heavy atom. The zero-order valence-electron chi connectivity index (χ0n) is 19.7. The van der Waals surface area contributed by atoms with E-state index in [4.69, 9.17) is 16.3 Å². The Bertz CT molecular complexity index is 1310. The summed E-state index contributed by atoms with van der Waals surface area (Å²) < 4.78 is 5.17. The first-order chi connectivity index (χ1) is 17.3. The average Bonchev–Trinajstić information content (AvgIpc) is 3.16. The van der Waals surface area contributed by atoms with Crippen LogP contribution in [-0.2, 0) is 20.9 Å². The normalized spacial score (nSPS) is 15.1. The van der Waals surface area contributed by atoms with Crippen molar-refractivity contribution >= 4 is 46.6 Å². The number of nitrogens with one attached hydrogen (secondary N) is 1. The molecular formula is C27H24ClN3O5. The molecule has 184 valence electrons. The highest BCUT2D eigenvalue weighted by molar-refractivity contribution is 6.31. The SMILES string of the molecule is COc1ccc(C(=O)N(Cc2ccccc2Cl)C2CC(=O)N(c3ccc(NC(C)=O)cc3)C2=O)cc1. The minimum absolute atomic E-state index is 0.0452. The molecule has 3 aromatic carbocycles. The van der Waals surface area contributed by atoms with E-state index >= 15 is 0 Å². The molecule has 3 aromatic rings. The van der Waals surface area contributed by atoms with Gasteiger partial charge in [-0.25, -0.2) is 4.90 Å². The van der Waals surface area contributed by atoms with Crippen molar-refractivity contribution in [3.05, 3.63) is 88.9 Å². The Balaban J connectivity index is 1.66. The van der Waals surface area contributed by atoms with E-state index in [1.54, 1.807) is 72.8 Å². The number of ether oxygens (including phenoxy) is 1. The summed E-state index contributed by atoms with van der Waals surface area (Å²) in [7, 11) is 1.53. The number of hydrogen-bond acceptors (Lipinski definition) is 5. The summed E-state index contributed by atoms with van der Waals surface area (Å²) >= 11 is 6.36. The Kier molecular flexibility index (Phi) is 7.36. The molecule has 4 amide bonds. The van der Waals surface area contributed by atoms with Crippen molar-refractivity contribution in [2.45, 2.75) is 25.9 Å². The topological polar surface area (TPSA) is 96.0 Å². The maximum Gasteiger partial charge on any atom is 0.257 e. The van der Waals surface area contributed by atoms with Crippen LogP contribution in [0.25, 0.3) is 0 Å². The van der Waals surface area contributed by atoms with E-state index < -0.39 is 23.8 Å². The summed E-state index contributed by atoms with van der Waals surface area (Å²) in [4.78, 5) is 53.8. The second-order valence-corrected chi connectivity index (χ2v) is 8.68. The van der Waals surface area contributed by atoms with Crippen molar-refractivity contribution in [1.29, 1.82) is 0 Å². The van der Waals surface area contributed by atoms with Crippen LogP contribution in [-0.4, -0.2) is 41.7 Å². The molecule has 0 saturated carbocycles. The van der Waals surface area contributed by atoms with E-state index in [1.807, 2.05) is 0 Å². The highest BCUT2D eigenvalue weighted by Gasteiger charge is 2.44. The molecule has 36 heavy (non-hydrogen) atoms. The highest BCUT2D eigenvalue weighted by Crippen LogP contribution is 2.30. The number of rotatable bonds is 7. The number of carbonyl (C=O) groups excluding carboxylic acids is 4. The molecule has 4 rings (SSSR count). The van der Waals surface area contributed by atoms with Gasteiger partial charge in [-0.15, -0.1) is 0 Å². The zero-order chi connectivity index (χ0) is 25.8. The maximum absolute atomic E-state index is 13.6. The van der Waals surface area contributed by atoms with Gasteiger partial charge in [0.05, 0.1) is 19.2 Å². The second-order valence-electron chi connectivity index (χ2n) is 8.27. The van der Waals surface area contributed by atoms with Crippen molar-refractivity contribution in [3.8, 4) is 5.75 Å². The van der Waals surface area contributed by atoms with Crippen LogP contribution < -0.4 is 15.0 Å². The second kappa shape index (κ2) is 10.6. The maximum atomic E-state index is 13.6. The minimum Gasteiger partial charge on any atom is -0.497 e. The lowest BCUT2D eigenvalue weighted by molar-refractivity contribution is -0.122. The summed E-state index contributed by atoms with van der Waals surface area (Å²) in [6.07, 6.45) is -0.168. The van der Waals surface area contributed by atoms with Crippen LogP contribution in [0.5, 0.6) is 5.75 Å². The van der Waals surface area contributed by atoms with E-state index in [0.717, 1.165) is 4.90 Å². The summed E-state index contributed by atoms with van der Waals surface area (Å²) in [6.45, 7) is 1.43. The fraction of sp³-hybridized carbons (Fsp3) is 0.185. The van der Waals surface area contributed by atoms with Crippen molar-refractivity contribution in [2.24, 2.45) is 0 Å². The molecule has 0 aromatic heterocycles. The Morgan fingerprint density at radius 3 is 2.31 bits per heavy atom. The molecule has 0 bridgehead atoms. The largest absolute Gasteiger partial charge is 0.497 e. The van der Waals surface area contributed by atoms with Crippen molar-refractivity contribution in [1.82, 2.24) is 4.90 Å². The van der Waals surface area contributed by atoms with Crippen molar-refractivity contribution < 1.29 is 23.9 Å². The van der Waals surface area contributed by atoms with Gasteiger partial charge in [0.1, 0.15) is 11.8 Å². The van der Waals surface area contributed by atoms with Crippen molar-refractivity contribution in [3.63, 3.8) is 0 Å². The quantitative estimate of drug-likeness (QED) is 0.483. The van der Waals surface area contributed by atoms with Crippen LogP contribution in [0.3, 0.4) is 0 Å². The third kappa shape index (κ3) is 5.23. The molecule has 1 saturated heterocycles. The summed E-state index contributed by atoms with van der Waals surface area (Å²) in [5.41, 5.74) is 1.90. The fourth-order valence-corrected chi connectivity index (χ4v) is 4.26. The number of carbonyl (C=O) groups is 4. The van der Waals surface area contributed by atoms with Crippen LogP contribution in [0.4, 0.5) is 11.4 Å². The number of methoxy groups -OCH3 is 1. The monoisotopic (exact) mass is 505 g/mol. The summed E-state index contributed by atoms with van der Waals surface area (Å²) in [6, 6.07) is 18.9. The standard InChI is InChI=1S/C27H24ClN3O5/c1-17(32)29-20-9-11-21(12-10-20)31-25(33)15-24(27(31)35)30(16-19-5-3-4-6-23(19)28)26(34)18-7-13-22(36-2)14-8-18/h3-14,24H,15-16H2,1-2H3,(H,29,32). The lowest BCUT2D eigenvalue weighted by atomic mass is 10.1. The molecule has 0 spiro atoms. The molecular weight excluding hydrogens is 482 g/mol. The van der Waals surface area contributed by atoms with Gasteiger partial charge in [0.25, 0.3) is 11.8 Å². The van der Waals surface area contributed by atoms with E-state index in [2.05, 4.69) is 5.32 Å². The van der Waals surface area contributed by atoms with Crippen LogP contribution in [0.2, 0.25) is 5.02 Å². The highest BCUT2D eigenvalue weighted by atomic mass is 35.5. The van der Waals surface area contributed by atoms with E-state index in [-0.39, 0.29) is 18.9 Å². The van der Waals surface area contributed by atoms with Gasteiger partial charge < -0.3 is 15.0 Å². The number of halogens is 1. The lowest BCUT2D eigenvalue weighted by Crippen LogP contribution is -2.45. The molecule has 1 N–H and O–H groups in total. The number of nitrogens with zero attached hydrogens (tertiary/aromatic N) is 2. The molecule has 8 nitrogen and oxygen atoms in total. The molecule has 1 aliphatic rings. The predicted molar refractivity (Wildman–Crippen MR) is 136 cm³/mol. The molecule has 0 aliphatic carbocycles. The van der Waals surface area contributed by atoms with E-state index in [0.29, 0.717) is 33.3 Å². The number of hydrogen-bond donors (Lipinski definition) is 1. The van der Waals surface area contributed by atoms with Gasteiger partial charge in [-0.1, -0.05) is 29.8 Å². The molecule has 0 radical (unpaired) electrons. The third-order valence-corrected chi connectivity index (χ3v) is 6.21. The number of imide groups is 1. The molecule has 1 heterocycles. The smallest absolute Gasteiger partial charge is 0.257 e. The van der Waals surface area contributed by atoms with Gasteiger partial charge >= 0.3 is 0 Å². The van der Waals surface area contributed by atoms with E-state index in [1.165, 1.54) is 18.9 Å². The molecule has 1 atom stereocenters. The van der Waals surface area contributed by atoms with Crippen LogP contribution >= 0.6 is 11.6 Å². The van der Waals surface area contributed by atoms with Gasteiger partial charge in [-0.05, 0) is 60.2 Å². The van der Waals surface area contributed by atoms with Gasteiger partial charge in [-0.3, -0.25) is 19.2 Å². The average molecular weight is 506 g/mol. The Morgan fingerprint density at radius 1 is 1.03 bits per heavy atom. The van der Waals surface area contributed by atoms with Crippen LogP contribution in [0.1, 0.15) is 29.3 Å². The lowest BCUT2D eigenvalue weighted by Gasteiger charge is -2.28. The third-order valence-electron chi connectivity index (χ3n) is 5.84. The van der Waals surface area contributed by atoms with Crippen LogP contribution in [0, 0.1) is 0 Å². The minimum atomic E-state index is -1.02. The molecule has 9 heteroatoms. The van der Waals surface area contributed by atoms with Gasteiger partial charge in [0.15, 0.2) is 0 Å². The van der Waals surface area contributed by atoms with E-state index in [9.17, 15) is 19.2 Å². The summed E-state index contributed by atoms with van der Waals surface area (Å²) in [5, 5.41) is 3.10. The Hall–Kier alpha value is -4.17. The van der Waals surface area contributed by atoms with Gasteiger partial charge in [0.2, 0.25) is 11.8 Å². The number of benzene rings is 3. The van der Waals surface area contributed by atoms with Gasteiger partial charge in [-0.2, -0.15) is 0 Å². The fourth-order valence-electron chi connectivity index (χ4n) is 4.06. The molecule has 1 unspecified atom stereocenters. The first kappa shape index (κ1) is 24.9. The molecule has 1 aliphatic heterocycles. The van der Waals surface area contributed by atoms with Crippen LogP contribution in [0.15, 0.2) is 72.8 Å². The summed E-state index contributed by atoms with van der Waals surface area (Å²) in [5.74, 6) is -0.995. The van der Waals surface area contributed by atoms with Gasteiger partial charge in [0, 0.05) is 29.7 Å². The first-order valence-electron chi connectivity index (χ1n) is 11.2. The van der Waals surface area contributed by atoms with Crippen molar-refractivity contribution in [2.75, 3.05) is 17.3 Å². The number of amides is 4.